The molecule has 4 amide bonds. The van der Waals surface area contributed by atoms with Gasteiger partial charge in [-0.05, 0) is 106 Å². The average molecular weight is 973 g/mol. The van der Waals surface area contributed by atoms with Gasteiger partial charge in [0.1, 0.15) is 30.3 Å². The first-order valence-electron chi connectivity index (χ1n) is 22.6. The Bertz CT molecular complexity index is 2520. The fraction of sp³-hybridized carbons (Fsp3) is 0.460. The number of hydrogen-bond acceptors (Lipinski definition) is 11. The number of ether oxygens (including phenoxy) is 3. The van der Waals surface area contributed by atoms with E-state index in [2.05, 4.69) is 15.6 Å². The van der Waals surface area contributed by atoms with E-state index in [4.69, 9.17) is 42.4 Å². The second-order valence-corrected chi connectivity index (χ2v) is 19.5. The van der Waals surface area contributed by atoms with E-state index in [0.29, 0.717) is 69.1 Å². The monoisotopic (exact) mass is 971 g/mol. The van der Waals surface area contributed by atoms with E-state index in [-0.39, 0.29) is 64.9 Å². The number of carbonyl (C=O) groups excluding carboxylic acids is 4. The molecule has 2 N–H and O–H groups in total. The van der Waals surface area contributed by atoms with Crippen LogP contribution in [0.5, 0.6) is 5.75 Å². The molecule has 3 aromatic carbocycles. The number of aryl methyl sites for hydroxylation is 1. The highest BCUT2D eigenvalue weighted by atomic mass is 35.5. The van der Waals surface area contributed by atoms with Crippen molar-refractivity contribution in [3.8, 4) is 23.1 Å². The molecule has 3 atom stereocenters. The van der Waals surface area contributed by atoms with Crippen molar-refractivity contribution in [2.24, 2.45) is 11.3 Å². The second-order valence-electron chi connectivity index (χ2n) is 18.7. The van der Waals surface area contributed by atoms with Gasteiger partial charge >= 0.3 is 0 Å². The first-order chi connectivity index (χ1) is 32.3. The van der Waals surface area contributed by atoms with Crippen LogP contribution in [0, 0.1) is 35.4 Å². The van der Waals surface area contributed by atoms with Gasteiger partial charge in [0.2, 0.25) is 17.7 Å². The lowest BCUT2D eigenvalue weighted by atomic mass is 9.85. The molecule has 2 fully saturated rings. The number of carbonyl (C=O) groups is 4. The fourth-order valence-corrected chi connectivity index (χ4v) is 8.91. The summed E-state index contributed by atoms with van der Waals surface area (Å²) in [5, 5.41) is 15.4. The second kappa shape index (κ2) is 22.5. The number of aromatic nitrogens is 1. The number of nitrogens with one attached hydrogen (secondary N) is 2. The molecule has 15 nitrogen and oxygen atoms in total. The fourth-order valence-electron chi connectivity index (χ4n) is 8.17. The van der Waals surface area contributed by atoms with Crippen LogP contribution in [0.25, 0.3) is 11.3 Å². The molecule has 2 aliphatic heterocycles. The number of unbranched alkanes of at least 4 members (excludes halogenated alkanes) is 1. The topological polar surface area (TPSA) is 180 Å². The summed E-state index contributed by atoms with van der Waals surface area (Å²) in [5.41, 5.74) is 1.84. The number of rotatable bonds is 20. The quantitative estimate of drug-likeness (QED) is 0.0647. The van der Waals surface area contributed by atoms with Crippen molar-refractivity contribution in [3.05, 3.63) is 94.7 Å². The van der Waals surface area contributed by atoms with E-state index >= 15 is 4.39 Å². The van der Waals surface area contributed by atoms with Crippen molar-refractivity contribution in [3.63, 3.8) is 0 Å². The van der Waals surface area contributed by atoms with Gasteiger partial charge in [-0.1, -0.05) is 63.6 Å². The molecule has 68 heavy (non-hydrogen) atoms. The van der Waals surface area contributed by atoms with Crippen LogP contribution in [0.4, 0.5) is 15.8 Å². The molecule has 362 valence electrons. The van der Waals surface area contributed by atoms with E-state index in [0.717, 1.165) is 16.8 Å². The number of hydrogen-bond donors (Lipinski definition) is 2. The van der Waals surface area contributed by atoms with Gasteiger partial charge in [0.25, 0.3) is 5.91 Å². The zero-order chi connectivity index (χ0) is 49.3. The normalized spacial score (nSPS) is 17.3. The summed E-state index contributed by atoms with van der Waals surface area (Å²) in [6.45, 7) is 14.7. The number of amides is 4. The molecular formula is C50H59ClFN7O8S. The molecule has 2 aliphatic rings. The number of oxazole rings is 1. The minimum Gasteiger partial charge on any atom is -0.491 e. The van der Waals surface area contributed by atoms with Gasteiger partial charge in [-0.15, -0.1) is 0 Å². The summed E-state index contributed by atoms with van der Waals surface area (Å²) in [6.07, 6.45) is 3.73. The molecule has 0 saturated carbocycles. The minimum atomic E-state index is -1.14. The summed E-state index contributed by atoms with van der Waals surface area (Å²) >= 11 is 11.9. The van der Waals surface area contributed by atoms with E-state index in [9.17, 15) is 24.4 Å². The summed E-state index contributed by atoms with van der Waals surface area (Å²) in [6, 6.07) is 17.1. The van der Waals surface area contributed by atoms with Gasteiger partial charge in [0.15, 0.2) is 28.8 Å². The van der Waals surface area contributed by atoms with Crippen LogP contribution < -0.4 is 25.2 Å². The van der Waals surface area contributed by atoms with E-state index < -0.39 is 34.8 Å². The predicted molar refractivity (Wildman–Crippen MR) is 259 cm³/mol. The van der Waals surface area contributed by atoms with Crippen molar-refractivity contribution >= 4 is 63.9 Å². The number of benzene rings is 3. The highest BCUT2D eigenvalue weighted by Gasteiger charge is 2.50. The van der Waals surface area contributed by atoms with Gasteiger partial charge in [-0.25, -0.2) is 9.37 Å². The van der Waals surface area contributed by atoms with Crippen LogP contribution in [-0.2, 0) is 35.2 Å². The number of likely N-dealkylation sites (tertiary alicyclic amines) is 1. The van der Waals surface area contributed by atoms with Crippen molar-refractivity contribution in [1.29, 1.82) is 5.26 Å². The van der Waals surface area contributed by atoms with E-state index in [1.807, 2.05) is 65.0 Å². The number of nitrogens with zero attached hydrogens (tertiary/aromatic N) is 5. The Kier molecular flexibility index (Phi) is 17.0. The maximum absolute atomic E-state index is 15.3. The maximum atomic E-state index is 15.3. The number of nitriles is 1. The lowest BCUT2D eigenvalue weighted by Gasteiger charge is -2.35. The van der Waals surface area contributed by atoms with Crippen molar-refractivity contribution in [2.45, 2.75) is 98.3 Å². The average Bonchev–Trinajstić information content (AvgIpc) is 3.96. The van der Waals surface area contributed by atoms with E-state index in [1.54, 1.807) is 35.8 Å². The molecule has 4 aromatic rings. The standard InChI is InChI=1S/C50H59ClFN7O8S/c1-31-23-40(45(61)54-27-33-11-13-34(14-12-33)43-32(2)55-30-67-43)57(28-31)46(62)44(49(3,4)5)56-42(60)29-65-21-10-20-64-19-8-9-22-66-41-18-17-37(25-39(41)52)59-48(68)58(47(63)50(59,6)7)36-16-15-35(26-53)38(51)24-36/h11-18,24-25,30-31,40,44H,8-10,19-23,27-29H2,1-7H3,(H,54,61)(H,56,60)/t31-,40+,44-/m1/s1. The summed E-state index contributed by atoms with van der Waals surface area (Å²) < 4.78 is 37.8. The van der Waals surface area contributed by atoms with Crippen LogP contribution in [-0.4, -0.2) is 95.8 Å². The van der Waals surface area contributed by atoms with Crippen LogP contribution in [0.1, 0.15) is 84.0 Å². The molecule has 0 radical (unpaired) electrons. The van der Waals surface area contributed by atoms with Crippen LogP contribution >= 0.6 is 23.8 Å². The minimum absolute atomic E-state index is 0.0610. The van der Waals surface area contributed by atoms with Gasteiger partial charge in [-0.2, -0.15) is 5.26 Å². The van der Waals surface area contributed by atoms with E-state index in [1.165, 1.54) is 35.6 Å². The molecule has 0 spiro atoms. The lowest BCUT2D eigenvalue weighted by Crippen LogP contribution is -2.58. The highest BCUT2D eigenvalue weighted by Crippen LogP contribution is 2.39. The summed E-state index contributed by atoms with van der Waals surface area (Å²) in [5.74, 6) is -1.07. The Morgan fingerprint density at radius 3 is 2.37 bits per heavy atom. The summed E-state index contributed by atoms with van der Waals surface area (Å²) in [7, 11) is 0. The SMILES string of the molecule is Cc1ncoc1-c1ccc(CNC(=O)[C@@H]2C[C@@H](C)CN2C(=O)[C@@H](NC(=O)COCCCOCCCCOc2ccc(N3C(=S)N(c4ccc(C#N)c(Cl)c4)C(=O)C3(C)C)cc2F)C(C)(C)C)cc1. The Morgan fingerprint density at radius 1 is 1.01 bits per heavy atom. The molecule has 0 aliphatic carbocycles. The molecule has 3 heterocycles. The van der Waals surface area contributed by atoms with Crippen LogP contribution in [0.15, 0.2) is 71.5 Å². The van der Waals surface area contributed by atoms with Crippen molar-refractivity contribution < 1.29 is 42.2 Å². The third kappa shape index (κ3) is 12.2. The molecule has 0 bridgehead atoms. The lowest BCUT2D eigenvalue weighted by molar-refractivity contribution is -0.144. The molecule has 1 aromatic heterocycles. The molecule has 6 rings (SSSR count). The van der Waals surface area contributed by atoms with Gasteiger partial charge in [0, 0.05) is 50.2 Å². The molecule has 0 unspecified atom stereocenters. The number of thiocarbonyl (C=S) groups is 1. The largest absolute Gasteiger partial charge is 0.491 e. The Morgan fingerprint density at radius 2 is 1.71 bits per heavy atom. The first kappa shape index (κ1) is 51.5. The Balaban J connectivity index is 0.868. The first-order valence-corrected chi connectivity index (χ1v) is 23.4. The molecular weight excluding hydrogens is 913 g/mol. The van der Waals surface area contributed by atoms with Gasteiger partial charge < -0.3 is 39.1 Å². The Labute approximate surface area is 407 Å². The van der Waals surface area contributed by atoms with Gasteiger partial charge in [0.05, 0.1) is 28.6 Å². The third-order valence-corrected chi connectivity index (χ3v) is 12.5. The van der Waals surface area contributed by atoms with Crippen molar-refractivity contribution in [2.75, 3.05) is 49.4 Å². The number of halogens is 2. The Hall–Kier alpha value is -5.93. The predicted octanol–water partition coefficient (Wildman–Crippen LogP) is 7.90. The van der Waals surface area contributed by atoms with Gasteiger partial charge in [-0.3, -0.25) is 24.1 Å². The maximum Gasteiger partial charge on any atom is 0.259 e. The molecule has 2 saturated heterocycles. The van der Waals surface area contributed by atoms with Crippen LogP contribution in [0.2, 0.25) is 5.02 Å². The zero-order valence-corrected chi connectivity index (χ0v) is 41.1. The summed E-state index contributed by atoms with van der Waals surface area (Å²) in [4.78, 5) is 62.7. The van der Waals surface area contributed by atoms with Crippen LogP contribution in [0.3, 0.4) is 0 Å². The molecule has 18 heteroatoms. The zero-order valence-electron chi connectivity index (χ0n) is 39.5. The smallest absolute Gasteiger partial charge is 0.259 e. The third-order valence-electron chi connectivity index (χ3n) is 11.9. The number of anilines is 2. The highest BCUT2D eigenvalue weighted by molar-refractivity contribution is 7.81. The van der Waals surface area contributed by atoms with Crippen molar-refractivity contribution in [1.82, 2.24) is 20.5 Å².